The molecular weight excluding hydrogens is 370 g/mol. The first-order valence-corrected chi connectivity index (χ1v) is 8.44. The molecule has 1 saturated heterocycles. The van der Waals surface area contributed by atoms with Crippen LogP contribution in [0.15, 0.2) is 21.2 Å². The predicted octanol–water partition coefficient (Wildman–Crippen LogP) is 3.60. The summed E-state index contributed by atoms with van der Waals surface area (Å²) >= 11 is 7.14. The summed E-state index contributed by atoms with van der Waals surface area (Å²) in [5, 5.41) is 3.49. The average Bonchev–Trinajstić information content (AvgIpc) is 2.37. The lowest BCUT2D eigenvalue weighted by Gasteiger charge is -2.39. The maximum Gasteiger partial charge on any atom is 0.0721 e. The number of hydrogen-bond acceptors (Lipinski definition) is 3. The molecule has 1 aromatic heterocycles. The van der Waals surface area contributed by atoms with Crippen LogP contribution < -0.4 is 5.32 Å². The number of piperidine rings is 1. The molecule has 0 radical (unpaired) electrons. The Morgan fingerprint density at radius 2 is 2.26 bits per heavy atom. The lowest BCUT2D eigenvalue weighted by Crippen LogP contribution is -2.41. The van der Waals surface area contributed by atoms with Crippen molar-refractivity contribution >= 4 is 31.9 Å². The second kappa shape index (κ2) is 7.16. The first kappa shape index (κ1) is 15.4. The van der Waals surface area contributed by atoms with Crippen LogP contribution in [-0.2, 0) is 0 Å². The van der Waals surface area contributed by atoms with Gasteiger partial charge in [-0.1, -0.05) is 6.92 Å². The van der Waals surface area contributed by atoms with Crippen LogP contribution in [0, 0.1) is 5.92 Å². The fourth-order valence-electron chi connectivity index (χ4n) is 2.88. The Bertz CT molecular complexity index is 425. The largest absolute Gasteiger partial charge is 0.317 e. The minimum absolute atomic E-state index is 0.398. The fourth-order valence-corrected chi connectivity index (χ4v) is 4.10. The van der Waals surface area contributed by atoms with Crippen molar-refractivity contribution in [3.05, 3.63) is 26.9 Å². The minimum Gasteiger partial charge on any atom is -0.317 e. The molecule has 0 bridgehead atoms. The van der Waals surface area contributed by atoms with E-state index in [-0.39, 0.29) is 0 Å². The van der Waals surface area contributed by atoms with Gasteiger partial charge in [-0.2, -0.15) is 0 Å². The number of aromatic nitrogens is 1. The molecule has 1 aliphatic heterocycles. The Balaban J connectivity index is 2.25. The molecule has 1 aromatic rings. The summed E-state index contributed by atoms with van der Waals surface area (Å²) in [6.07, 6.45) is 4.44. The van der Waals surface area contributed by atoms with Crippen LogP contribution in [-0.4, -0.2) is 36.6 Å². The van der Waals surface area contributed by atoms with Gasteiger partial charge < -0.3 is 5.32 Å². The molecular formula is C14H21Br2N3. The van der Waals surface area contributed by atoms with Crippen molar-refractivity contribution in [3.63, 3.8) is 0 Å². The normalized spacial score (nSPS) is 24.6. The average molecular weight is 391 g/mol. The second-order valence-corrected chi connectivity index (χ2v) is 6.93. The summed E-state index contributed by atoms with van der Waals surface area (Å²) in [5.74, 6) is 0.628. The zero-order chi connectivity index (χ0) is 13.8. The van der Waals surface area contributed by atoms with Crippen LogP contribution >= 0.6 is 31.9 Å². The smallest absolute Gasteiger partial charge is 0.0721 e. The van der Waals surface area contributed by atoms with Crippen LogP contribution in [0.3, 0.4) is 0 Å². The predicted molar refractivity (Wildman–Crippen MR) is 86.3 cm³/mol. The third kappa shape index (κ3) is 3.78. The fraction of sp³-hybridized carbons (Fsp3) is 0.643. The van der Waals surface area contributed by atoms with E-state index in [1.54, 1.807) is 0 Å². The highest BCUT2D eigenvalue weighted by Crippen LogP contribution is 2.37. The standard InChI is InChI=1S/C14H21Br2N3/c1-3-17-8-10-5-4-6-19(2)14(10)13-12(16)7-11(15)9-18-13/h7,9-10,14,17H,3-6,8H2,1-2H3. The maximum atomic E-state index is 4.65. The van der Waals surface area contributed by atoms with Gasteiger partial charge in [0.25, 0.3) is 0 Å². The zero-order valence-electron chi connectivity index (χ0n) is 11.5. The van der Waals surface area contributed by atoms with Crippen molar-refractivity contribution in [1.29, 1.82) is 0 Å². The molecule has 1 N–H and O–H groups in total. The summed E-state index contributed by atoms with van der Waals surface area (Å²) in [7, 11) is 2.21. The number of likely N-dealkylation sites (tertiary alicyclic amines) is 1. The third-order valence-corrected chi connectivity index (χ3v) is 4.85. The summed E-state index contributed by atoms with van der Waals surface area (Å²) in [5.41, 5.74) is 1.16. The number of nitrogens with one attached hydrogen (secondary N) is 1. The Morgan fingerprint density at radius 1 is 1.47 bits per heavy atom. The molecule has 1 aliphatic rings. The third-order valence-electron chi connectivity index (χ3n) is 3.78. The second-order valence-electron chi connectivity index (χ2n) is 5.16. The zero-order valence-corrected chi connectivity index (χ0v) is 14.7. The number of rotatable bonds is 4. The molecule has 0 aliphatic carbocycles. The molecule has 106 valence electrons. The molecule has 2 heterocycles. The van der Waals surface area contributed by atoms with Gasteiger partial charge in [-0.25, -0.2) is 0 Å². The monoisotopic (exact) mass is 389 g/mol. The van der Waals surface area contributed by atoms with E-state index in [0.29, 0.717) is 12.0 Å². The highest BCUT2D eigenvalue weighted by atomic mass is 79.9. The van der Waals surface area contributed by atoms with Crippen LogP contribution in [0.5, 0.6) is 0 Å². The van der Waals surface area contributed by atoms with E-state index in [2.05, 4.69) is 67.1 Å². The molecule has 19 heavy (non-hydrogen) atoms. The molecule has 5 heteroatoms. The van der Waals surface area contributed by atoms with Gasteiger partial charge in [0.15, 0.2) is 0 Å². The highest BCUT2D eigenvalue weighted by Gasteiger charge is 2.32. The molecule has 0 aromatic carbocycles. The Morgan fingerprint density at radius 3 is 2.95 bits per heavy atom. The van der Waals surface area contributed by atoms with Crippen molar-refractivity contribution in [2.24, 2.45) is 5.92 Å². The van der Waals surface area contributed by atoms with E-state index in [4.69, 9.17) is 0 Å². The Kier molecular flexibility index (Phi) is 5.81. The summed E-state index contributed by atoms with van der Waals surface area (Å²) in [6, 6.07) is 2.49. The van der Waals surface area contributed by atoms with Crippen LogP contribution in [0.25, 0.3) is 0 Å². The van der Waals surface area contributed by atoms with Gasteiger partial charge in [-0.15, -0.1) is 0 Å². The molecule has 2 rings (SSSR count). The van der Waals surface area contributed by atoms with E-state index >= 15 is 0 Å². The Hall–Kier alpha value is 0.0300. The minimum atomic E-state index is 0.398. The van der Waals surface area contributed by atoms with Crippen molar-refractivity contribution in [1.82, 2.24) is 15.2 Å². The van der Waals surface area contributed by atoms with Crippen molar-refractivity contribution in [2.75, 3.05) is 26.7 Å². The first-order valence-electron chi connectivity index (χ1n) is 6.85. The number of pyridine rings is 1. The van der Waals surface area contributed by atoms with Crippen LogP contribution in [0.4, 0.5) is 0 Å². The van der Waals surface area contributed by atoms with Gasteiger partial charge in [0, 0.05) is 15.1 Å². The van der Waals surface area contributed by atoms with Gasteiger partial charge in [0.05, 0.1) is 11.7 Å². The molecule has 2 unspecified atom stereocenters. The van der Waals surface area contributed by atoms with E-state index < -0.39 is 0 Å². The number of halogens is 2. The lowest BCUT2D eigenvalue weighted by molar-refractivity contribution is 0.116. The van der Waals surface area contributed by atoms with Gasteiger partial charge in [-0.3, -0.25) is 9.88 Å². The summed E-state index contributed by atoms with van der Waals surface area (Å²) in [4.78, 5) is 7.08. The molecule has 0 saturated carbocycles. The van der Waals surface area contributed by atoms with Crippen molar-refractivity contribution in [2.45, 2.75) is 25.8 Å². The molecule has 0 amide bonds. The first-order chi connectivity index (χ1) is 9.13. The molecule has 1 fully saturated rings. The van der Waals surface area contributed by atoms with Crippen molar-refractivity contribution in [3.8, 4) is 0 Å². The quantitative estimate of drug-likeness (QED) is 0.851. The topological polar surface area (TPSA) is 28.2 Å². The highest BCUT2D eigenvalue weighted by molar-refractivity contribution is 9.11. The van der Waals surface area contributed by atoms with Gasteiger partial charge >= 0.3 is 0 Å². The number of hydrogen-bond donors (Lipinski definition) is 1. The molecule has 2 atom stereocenters. The summed E-state index contributed by atoms with van der Waals surface area (Å²) in [6.45, 7) is 5.41. The van der Waals surface area contributed by atoms with Gasteiger partial charge in [0.2, 0.25) is 0 Å². The van der Waals surface area contributed by atoms with E-state index in [9.17, 15) is 0 Å². The maximum absolute atomic E-state index is 4.65. The lowest BCUT2D eigenvalue weighted by atomic mass is 9.87. The van der Waals surface area contributed by atoms with E-state index in [0.717, 1.165) is 34.3 Å². The molecule has 3 nitrogen and oxygen atoms in total. The molecule has 0 spiro atoms. The van der Waals surface area contributed by atoms with Crippen molar-refractivity contribution < 1.29 is 0 Å². The Labute approximate surface area is 132 Å². The van der Waals surface area contributed by atoms with Crippen LogP contribution in [0.1, 0.15) is 31.5 Å². The SMILES string of the molecule is CCNCC1CCCN(C)C1c1ncc(Br)cc1Br. The van der Waals surface area contributed by atoms with Crippen LogP contribution in [0.2, 0.25) is 0 Å². The summed E-state index contributed by atoms with van der Waals surface area (Å²) < 4.78 is 2.12. The van der Waals surface area contributed by atoms with Gasteiger partial charge in [-0.05, 0) is 83.4 Å². The number of nitrogens with zero attached hydrogens (tertiary/aromatic N) is 2. The van der Waals surface area contributed by atoms with E-state index in [1.807, 2.05) is 6.20 Å². The van der Waals surface area contributed by atoms with Gasteiger partial charge in [0.1, 0.15) is 0 Å². The van der Waals surface area contributed by atoms with E-state index in [1.165, 1.54) is 12.8 Å².